The topological polar surface area (TPSA) is 78.4 Å². The van der Waals surface area contributed by atoms with E-state index in [9.17, 15) is 5.11 Å². The summed E-state index contributed by atoms with van der Waals surface area (Å²) in [7, 11) is 3.55. The zero-order valence-electron chi connectivity index (χ0n) is 15.2. The summed E-state index contributed by atoms with van der Waals surface area (Å²) in [6, 6.07) is 0.736. The van der Waals surface area contributed by atoms with Gasteiger partial charge in [0.25, 0.3) is 0 Å². The van der Waals surface area contributed by atoms with Crippen LogP contribution in [0.25, 0.3) is 0 Å². The van der Waals surface area contributed by atoms with E-state index in [1.807, 2.05) is 0 Å². The molecule has 0 spiro atoms. The fourth-order valence-corrected chi connectivity index (χ4v) is 3.25. The van der Waals surface area contributed by atoms with E-state index in [1.54, 1.807) is 14.2 Å². The van der Waals surface area contributed by atoms with Crippen LogP contribution in [0.15, 0.2) is 4.99 Å². The van der Waals surface area contributed by atoms with Crippen LogP contribution in [0.1, 0.15) is 25.7 Å². The van der Waals surface area contributed by atoms with Crippen LogP contribution in [0, 0.1) is 5.41 Å². The van der Waals surface area contributed by atoms with Gasteiger partial charge < -0.3 is 25.2 Å². The van der Waals surface area contributed by atoms with Crippen molar-refractivity contribution < 1.29 is 14.6 Å². The SMILES string of the molecule is CN=C(NCCN(CCOC)C1CC1)NCC1(CCO)CCOC1. The van der Waals surface area contributed by atoms with Crippen LogP contribution < -0.4 is 10.6 Å². The maximum absolute atomic E-state index is 9.30. The summed E-state index contributed by atoms with van der Waals surface area (Å²) >= 11 is 0. The third kappa shape index (κ3) is 6.20. The lowest BCUT2D eigenvalue weighted by Crippen LogP contribution is -2.46. The summed E-state index contributed by atoms with van der Waals surface area (Å²) in [4.78, 5) is 6.80. The number of methoxy groups -OCH3 is 1. The highest BCUT2D eigenvalue weighted by Crippen LogP contribution is 2.31. The third-order valence-corrected chi connectivity index (χ3v) is 5.02. The van der Waals surface area contributed by atoms with Gasteiger partial charge in [-0.2, -0.15) is 0 Å². The number of ether oxygens (including phenoxy) is 2. The monoisotopic (exact) mass is 342 g/mol. The number of nitrogens with zero attached hydrogens (tertiary/aromatic N) is 2. The van der Waals surface area contributed by atoms with Crippen molar-refractivity contribution in [3.8, 4) is 0 Å². The van der Waals surface area contributed by atoms with Crippen molar-refractivity contribution in [1.29, 1.82) is 0 Å². The molecule has 24 heavy (non-hydrogen) atoms. The van der Waals surface area contributed by atoms with Gasteiger partial charge in [0.1, 0.15) is 0 Å². The molecule has 0 amide bonds. The maximum atomic E-state index is 9.30. The van der Waals surface area contributed by atoms with Gasteiger partial charge in [0.2, 0.25) is 0 Å². The minimum absolute atomic E-state index is 0.0326. The van der Waals surface area contributed by atoms with Crippen LogP contribution in [0.5, 0.6) is 0 Å². The number of hydrogen-bond donors (Lipinski definition) is 3. The number of aliphatic imine (C=N–C) groups is 1. The number of guanidine groups is 1. The first-order valence-electron chi connectivity index (χ1n) is 9.09. The molecular formula is C17H34N4O3. The Kier molecular flexibility index (Phi) is 8.24. The summed E-state index contributed by atoms with van der Waals surface area (Å²) in [5.41, 5.74) is 0.0326. The van der Waals surface area contributed by atoms with E-state index in [2.05, 4.69) is 20.5 Å². The molecule has 1 heterocycles. The van der Waals surface area contributed by atoms with Gasteiger partial charge in [-0.1, -0.05) is 0 Å². The number of hydrogen-bond acceptors (Lipinski definition) is 5. The molecular weight excluding hydrogens is 308 g/mol. The minimum atomic E-state index is 0.0326. The highest BCUT2D eigenvalue weighted by atomic mass is 16.5. The Morgan fingerprint density at radius 3 is 2.79 bits per heavy atom. The minimum Gasteiger partial charge on any atom is -0.396 e. The van der Waals surface area contributed by atoms with Gasteiger partial charge in [-0.15, -0.1) is 0 Å². The lowest BCUT2D eigenvalue weighted by atomic mass is 9.84. The number of nitrogens with one attached hydrogen (secondary N) is 2. The van der Waals surface area contributed by atoms with Crippen molar-refractivity contribution >= 4 is 5.96 Å². The Balaban J connectivity index is 1.69. The van der Waals surface area contributed by atoms with E-state index in [4.69, 9.17) is 9.47 Å². The molecule has 140 valence electrons. The molecule has 1 atom stereocenters. The molecule has 7 heteroatoms. The van der Waals surface area contributed by atoms with Crippen LogP contribution in [0.3, 0.4) is 0 Å². The highest BCUT2D eigenvalue weighted by Gasteiger charge is 2.34. The molecule has 1 unspecified atom stereocenters. The molecule has 2 aliphatic rings. The summed E-state index contributed by atoms with van der Waals surface area (Å²) in [6.07, 6.45) is 4.37. The van der Waals surface area contributed by atoms with Crippen LogP contribution in [0.2, 0.25) is 0 Å². The molecule has 7 nitrogen and oxygen atoms in total. The number of rotatable bonds is 11. The predicted octanol–water partition coefficient (Wildman–Crippen LogP) is 0.0513. The van der Waals surface area contributed by atoms with Crippen LogP contribution in [-0.2, 0) is 9.47 Å². The number of aliphatic hydroxyl groups excluding tert-OH is 1. The van der Waals surface area contributed by atoms with Gasteiger partial charge in [0.15, 0.2) is 5.96 Å². The van der Waals surface area contributed by atoms with Crippen molar-refractivity contribution in [2.45, 2.75) is 31.7 Å². The van der Waals surface area contributed by atoms with E-state index in [0.29, 0.717) is 6.61 Å². The summed E-state index contributed by atoms with van der Waals surface area (Å²) in [6.45, 7) is 6.12. The summed E-state index contributed by atoms with van der Waals surface area (Å²) < 4.78 is 10.7. The Morgan fingerprint density at radius 1 is 1.38 bits per heavy atom. The molecule has 0 aromatic heterocycles. The van der Waals surface area contributed by atoms with E-state index in [0.717, 1.165) is 64.2 Å². The lowest BCUT2D eigenvalue weighted by molar-refractivity contribution is 0.127. The van der Waals surface area contributed by atoms with Gasteiger partial charge in [-0.05, 0) is 25.7 Å². The zero-order valence-corrected chi connectivity index (χ0v) is 15.2. The normalized spacial score (nSPS) is 24.6. The summed E-state index contributed by atoms with van der Waals surface area (Å²) in [5, 5.41) is 16.1. The van der Waals surface area contributed by atoms with Gasteiger partial charge in [0.05, 0.1) is 13.2 Å². The molecule has 1 saturated carbocycles. The summed E-state index contributed by atoms with van der Waals surface area (Å²) in [5.74, 6) is 0.821. The molecule has 0 radical (unpaired) electrons. The Bertz CT molecular complexity index is 382. The van der Waals surface area contributed by atoms with Crippen molar-refractivity contribution in [3.63, 3.8) is 0 Å². The molecule has 1 aliphatic carbocycles. The van der Waals surface area contributed by atoms with Gasteiger partial charge in [-0.3, -0.25) is 9.89 Å². The van der Waals surface area contributed by atoms with Crippen molar-refractivity contribution in [2.75, 3.05) is 66.8 Å². The van der Waals surface area contributed by atoms with Crippen molar-refractivity contribution in [3.05, 3.63) is 0 Å². The van der Waals surface area contributed by atoms with Gasteiger partial charge in [-0.25, -0.2) is 0 Å². The Labute approximate surface area is 145 Å². The molecule has 0 aromatic rings. The maximum Gasteiger partial charge on any atom is 0.191 e. The van der Waals surface area contributed by atoms with Gasteiger partial charge >= 0.3 is 0 Å². The predicted molar refractivity (Wildman–Crippen MR) is 95.4 cm³/mol. The van der Waals surface area contributed by atoms with E-state index in [-0.39, 0.29) is 12.0 Å². The van der Waals surface area contributed by atoms with Crippen LogP contribution in [-0.4, -0.2) is 88.8 Å². The first-order valence-corrected chi connectivity index (χ1v) is 9.09. The van der Waals surface area contributed by atoms with E-state index < -0.39 is 0 Å². The second-order valence-electron chi connectivity index (χ2n) is 6.89. The lowest BCUT2D eigenvalue weighted by Gasteiger charge is -2.28. The smallest absolute Gasteiger partial charge is 0.191 e. The van der Waals surface area contributed by atoms with Crippen LogP contribution >= 0.6 is 0 Å². The first-order chi connectivity index (χ1) is 11.7. The Hall–Kier alpha value is -0.890. The highest BCUT2D eigenvalue weighted by molar-refractivity contribution is 5.79. The van der Waals surface area contributed by atoms with Crippen LogP contribution in [0.4, 0.5) is 0 Å². The van der Waals surface area contributed by atoms with Crippen molar-refractivity contribution in [2.24, 2.45) is 10.4 Å². The molecule has 2 fully saturated rings. The molecule has 1 aliphatic heterocycles. The molecule has 0 bridgehead atoms. The molecule has 1 saturated heterocycles. The fraction of sp³-hybridized carbons (Fsp3) is 0.941. The largest absolute Gasteiger partial charge is 0.396 e. The van der Waals surface area contributed by atoms with Gasteiger partial charge in [0, 0.05) is 65.0 Å². The number of aliphatic hydroxyl groups is 1. The molecule has 0 aromatic carbocycles. The molecule has 3 N–H and O–H groups in total. The Morgan fingerprint density at radius 2 is 2.21 bits per heavy atom. The van der Waals surface area contributed by atoms with E-state index in [1.165, 1.54) is 12.8 Å². The van der Waals surface area contributed by atoms with E-state index >= 15 is 0 Å². The second-order valence-corrected chi connectivity index (χ2v) is 6.89. The second kappa shape index (κ2) is 10.2. The quantitative estimate of drug-likeness (QED) is 0.364. The standard InChI is InChI=1S/C17H34N4O3/c1-18-16(20-13-17(5-10-22)6-11-24-14-17)19-7-8-21(9-12-23-2)15-3-4-15/h15,22H,3-14H2,1-2H3,(H2,18,19,20). The molecule has 2 rings (SSSR count). The zero-order chi connectivity index (χ0) is 17.3. The first kappa shape index (κ1) is 19.4. The van der Waals surface area contributed by atoms with Crippen molar-refractivity contribution in [1.82, 2.24) is 15.5 Å². The fourth-order valence-electron chi connectivity index (χ4n) is 3.25. The third-order valence-electron chi connectivity index (χ3n) is 5.02. The average molecular weight is 342 g/mol. The average Bonchev–Trinajstić information content (AvgIpc) is 3.34.